The molecule has 1 aromatic heterocycles. The molecule has 1 saturated carbocycles. The predicted molar refractivity (Wildman–Crippen MR) is 54.6 cm³/mol. The van der Waals surface area contributed by atoms with Gasteiger partial charge < -0.3 is 14.8 Å². The van der Waals surface area contributed by atoms with E-state index in [-0.39, 0.29) is 5.76 Å². The monoisotopic (exact) mass is 209 g/mol. The molecule has 0 radical (unpaired) electrons. The highest BCUT2D eigenvalue weighted by molar-refractivity contribution is 5.86. The van der Waals surface area contributed by atoms with Gasteiger partial charge in [0.05, 0.1) is 6.26 Å². The van der Waals surface area contributed by atoms with Gasteiger partial charge in [0.25, 0.3) is 0 Å². The first-order chi connectivity index (χ1) is 7.18. The van der Waals surface area contributed by atoms with Crippen LogP contribution in [0, 0.1) is 11.8 Å². The number of hydrogen-bond acceptors (Lipinski definition) is 3. The lowest BCUT2D eigenvalue weighted by molar-refractivity contribution is 0.0660. The second-order valence-corrected chi connectivity index (χ2v) is 4.18. The molecule has 82 valence electrons. The molecular weight excluding hydrogens is 194 g/mol. The first-order valence-electron chi connectivity index (χ1n) is 5.19. The van der Waals surface area contributed by atoms with Crippen LogP contribution in [0.5, 0.6) is 0 Å². The molecule has 1 fully saturated rings. The molecule has 0 saturated heterocycles. The number of nitrogens with one attached hydrogen (secondary N) is 1. The van der Waals surface area contributed by atoms with E-state index in [1.54, 1.807) is 6.07 Å². The van der Waals surface area contributed by atoms with Crippen molar-refractivity contribution in [2.75, 3.05) is 6.54 Å². The van der Waals surface area contributed by atoms with Crippen LogP contribution >= 0.6 is 0 Å². The average Bonchev–Trinajstić information content (AvgIpc) is 2.71. The summed E-state index contributed by atoms with van der Waals surface area (Å²) in [4.78, 5) is 10.7. The summed E-state index contributed by atoms with van der Waals surface area (Å²) in [5.41, 5.74) is 0.718. The average molecular weight is 209 g/mol. The maximum Gasteiger partial charge on any atom is 0.372 e. The Balaban J connectivity index is 1.82. The Morgan fingerprint density at radius 1 is 1.73 bits per heavy atom. The molecule has 2 atom stereocenters. The van der Waals surface area contributed by atoms with Crippen LogP contribution in [-0.2, 0) is 6.54 Å². The Morgan fingerprint density at radius 3 is 3.07 bits per heavy atom. The van der Waals surface area contributed by atoms with Crippen LogP contribution in [0.4, 0.5) is 0 Å². The van der Waals surface area contributed by atoms with E-state index in [1.165, 1.54) is 12.7 Å². The normalized spacial score (nSPS) is 24.1. The quantitative estimate of drug-likeness (QED) is 0.775. The summed E-state index contributed by atoms with van der Waals surface area (Å²) in [5.74, 6) is 0.633. The summed E-state index contributed by atoms with van der Waals surface area (Å²) >= 11 is 0. The van der Waals surface area contributed by atoms with Gasteiger partial charge in [-0.05, 0) is 30.9 Å². The van der Waals surface area contributed by atoms with Gasteiger partial charge in [-0.2, -0.15) is 0 Å². The lowest BCUT2D eigenvalue weighted by atomic mass is 10.2. The van der Waals surface area contributed by atoms with Crippen molar-refractivity contribution in [2.45, 2.75) is 19.9 Å². The fourth-order valence-corrected chi connectivity index (χ4v) is 1.74. The molecule has 1 heterocycles. The summed E-state index contributed by atoms with van der Waals surface area (Å²) < 4.78 is 4.88. The lowest BCUT2D eigenvalue weighted by Gasteiger charge is -2.02. The van der Waals surface area contributed by atoms with Gasteiger partial charge in [0.2, 0.25) is 5.76 Å². The number of rotatable bonds is 5. The Hall–Kier alpha value is -1.29. The van der Waals surface area contributed by atoms with E-state index in [9.17, 15) is 4.79 Å². The van der Waals surface area contributed by atoms with E-state index in [0.717, 1.165) is 23.9 Å². The van der Waals surface area contributed by atoms with Crippen molar-refractivity contribution in [1.82, 2.24) is 5.32 Å². The molecule has 2 unspecified atom stereocenters. The molecule has 1 aliphatic carbocycles. The second-order valence-electron chi connectivity index (χ2n) is 4.18. The van der Waals surface area contributed by atoms with Gasteiger partial charge in [0, 0.05) is 12.1 Å². The highest BCUT2D eigenvalue weighted by Crippen LogP contribution is 2.36. The largest absolute Gasteiger partial charge is 0.475 e. The molecule has 4 nitrogen and oxygen atoms in total. The fraction of sp³-hybridized carbons (Fsp3) is 0.545. The molecule has 1 aromatic rings. The number of carbonyl (C=O) groups is 1. The minimum Gasteiger partial charge on any atom is -0.475 e. The van der Waals surface area contributed by atoms with Crippen molar-refractivity contribution in [3.05, 3.63) is 23.7 Å². The van der Waals surface area contributed by atoms with E-state index in [0.29, 0.717) is 6.54 Å². The molecule has 0 spiro atoms. The van der Waals surface area contributed by atoms with Crippen LogP contribution in [0.1, 0.15) is 29.5 Å². The van der Waals surface area contributed by atoms with E-state index in [2.05, 4.69) is 12.2 Å². The molecule has 1 aliphatic rings. The van der Waals surface area contributed by atoms with Crippen molar-refractivity contribution < 1.29 is 14.3 Å². The zero-order valence-electron chi connectivity index (χ0n) is 8.69. The number of carboxylic acid groups (broad SMARTS) is 1. The van der Waals surface area contributed by atoms with Gasteiger partial charge in [-0.15, -0.1) is 0 Å². The van der Waals surface area contributed by atoms with Crippen LogP contribution in [0.25, 0.3) is 0 Å². The van der Waals surface area contributed by atoms with Crippen molar-refractivity contribution in [2.24, 2.45) is 11.8 Å². The number of hydrogen-bond donors (Lipinski definition) is 2. The number of carboxylic acids is 1. The van der Waals surface area contributed by atoms with Gasteiger partial charge in [-0.3, -0.25) is 0 Å². The molecule has 2 N–H and O–H groups in total. The van der Waals surface area contributed by atoms with Gasteiger partial charge >= 0.3 is 5.97 Å². The van der Waals surface area contributed by atoms with E-state index in [1.807, 2.05) is 0 Å². The van der Waals surface area contributed by atoms with Crippen LogP contribution < -0.4 is 5.32 Å². The highest BCUT2D eigenvalue weighted by Gasteiger charge is 2.31. The lowest BCUT2D eigenvalue weighted by Crippen LogP contribution is -2.17. The van der Waals surface area contributed by atoms with Crippen molar-refractivity contribution >= 4 is 5.97 Å². The summed E-state index contributed by atoms with van der Waals surface area (Å²) in [6, 6.07) is 1.70. The Kier molecular flexibility index (Phi) is 2.77. The van der Waals surface area contributed by atoms with Crippen LogP contribution in [0.15, 0.2) is 16.7 Å². The molecular formula is C11H15NO3. The van der Waals surface area contributed by atoms with Crippen LogP contribution in [0.3, 0.4) is 0 Å². The maximum atomic E-state index is 10.7. The highest BCUT2D eigenvalue weighted by atomic mass is 16.4. The Bertz CT molecular complexity index is 358. The minimum absolute atomic E-state index is 0.0475. The third-order valence-electron chi connectivity index (χ3n) is 2.94. The molecule has 0 aromatic carbocycles. The van der Waals surface area contributed by atoms with E-state index in [4.69, 9.17) is 9.52 Å². The standard InChI is InChI=1S/C11H15NO3/c1-7-4-9(7)6-12-5-8-2-3-15-10(8)11(13)14/h2-3,7,9,12H,4-6H2,1H3,(H,13,14). The van der Waals surface area contributed by atoms with Crippen molar-refractivity contribution in [3.8, 4) is 0 Å². The summed E-state index contributed by atoms with van der Waals surface area (Å²) in [6.07, 6.45) is 2.70. The zero-order valence-corrected chi connectivity index (χ0v) is 8.69. The van der Waals surface area contributed by atoms with Gasteiger partial charge in [0.1, 0.15) is 0 Å². The third kappa shape index (κ3) is 2.39. The Labute approximate surface area is 88.3 Å². The maximum absolute atomic E-state index is 10.7. The van der Waals surface area contributed by atoms with Crippen LogP contribution in [-0.4, -0.2) is 17.6 Å². The Morgan fingerprint density at radius 2 is 2.47 bits per heavy atom. The SMILES string of the molecule is CC1CC1CNCc1ccoc1C(=O)O. The summed E-state index contributed by atoms with van der Waals surface area (Å²) in [5, 5.41) is 12.0. The summed E-state index contributed by atoms with van der Waals surface area (Å²) in [7, 11) is 0. The first-order valence-corrected chi connectivity index (χ1v) is 5.19. The molecule has 15 heavy (non-hydrogen) atoms. The fourth-order valence-electron chi connectivity index (χ4n) is 1.74. The minimum atomic E-state index is -1.00. The second kappa shape index (κ2) is 4.06. The number of aromatic carboxylic acids is 1. The van der Waals surface area contributed by atoms with Crippen molar-refractivity contribution in [3.63, 3.8) is 0 Å². The van der Waals surface area contributed by atoms with Crippen LogP contribution in [0.2, 0.25) is 0 Å². The molecule has 0 amide bonds. The topological polar surface area (TPSA) is 62.5 Å². The van der Waals surface area contributed by atoms with E-state index < -0.39 is 5.97 Å². The third-order valence-corrected chi connectivity index (χ3v) is 2.94. The van der Waals surface area contributed by atoms with Crippen molar-refractivity contribution in [1.29, 1.82) is 0 Å². The number of furan rings is 1. The molecule has 2 rings (SSSR count). The van der Waals surface area contributed by atoms with Gasteiger partial charge in [-0.1, -0.05) is 6.92 Å². The van der Waals surface area contributed by atoms with Gasteiger partial charge in [0.15, 0.2) is 0 Å². The first kappa shape index (κ1) is 10.2. The zero-order chi connectivity index (χ0) is 10.8. The van der Waals surface area contributed by atoms with E-state index >= 15 is 0 Å². The smallest absolute Gasteiger partial charge is 0.372 e. The molecule has 4 heteroatoms. The molecule has 0 bridgehead atoms. The predicted octanol–water partition coefficient (Wildman–Crippen LogP) is 1.72. The summed E-state index contributed by atoms with van der Waals surface area (Å²) in [6.45, 7) is 3.76. The molecule has 0 aliphatic heterocycles. The van der Waals surface area contributed by atoms with Gasteiger partial charge in [-0.25, -0.2) is 4.79 Å².